The molecule has 1 fully saturated rings. The zero-order chi connectivity index (χ0) is 18.9. The van der Waals surface area contributed by atoms with E-state index in [1.54, 1.807) is 25.3 Å². The number of carbonyl (C=O) groups excluding carboxylic acids is 1. The number of fused-ring (bicyclic) bond motifs is 1. The lowest BCUT2D eigenvalue weighted by molar-refractivity contribution is -0.135. The number of benzene rings is 1. The van der Waals surface area contributed by atoms with Crippen molar-refractivity contribution >= 4 is 16.8 Å². The van der Waals surface area contributed by atoms with Gasteiger partial charge in [0.15, 0.2) is 0 Å². The lowest BCUT2D eigenvalue weighted by atomic mass is 10.1. The summed E-state index contributed by atoms with van der Waals surface area (Å²) in [7, 11) is 0. The van der Waals surface area contributed by atoms with Gasteiger partial charge in [0, 0.05) is 18.0 Å². The van der Waals surface area contributed by atoms with Crippen LogP contribution in [0.15, 0.2) is 36.5 Å². The van der Waals surface area contributed by atoms with E-state index in [1.165, 1.54) is 0 Å². The van der Waals surface area contributed by atoms with Crippen LogP contribution in [-0.2, 0) is 4.79 Å². The molecule has 0 spiro atoms. The smallest absolute Gasteiger partial charge is 0.268 e. The molecule has 1 saturated heterocycles. The van der Waals surface area contributed by atoms with E-state index in [-0.39, 0.29) is 0 Å². The van der Waals surface area contributed by atoms with E-state index >= 15 is 0 Å². The van der Waals surface area contributed by atoms with Crippen LogP contribution in [0.3, 0.4) is 0 Å². The molecule has 136 valence electrons. The first-order chi connectivity index (χ1) is 12.3. The number of alkyl halides is 2. The van der Waals surface area contributed by atoms with Gasteiger partial charge in [-0.1, -0.05) is 12.1 Å². The number of nitriles is 1. The Morgan fingerprint density at radius 1 is 1.46 bits per heavy atom. The van der Waals surface area contributed by atoms with Crippen molar-refractivity contribution in [3.63, 3.8) is 0 Å². The van der Waals surface area contributed by atoms with E-state index in [0.29, 0.717) is 5.75 Å². The quantitative estimate of drug-likeness (QED) is 0.901. The molecular formula is C18H18F2N4O2. The fourth-order valence-corrected chi connectivity index (χ4v) is 3.00. The Morgan fingerprint density at radius 2 is 2.19 bits per heavy atom. The number of halogens is 2. The normalized spacial score (nSPS) is 21.2. The lowest BCUT2D eigenvalue weighted by Crippen LogP contribution is -2.52. The molecule has 0 saturated carbocycles. The molecule has 1 amide bonds. The Balaban J connectivity index is 1.76. The molecule has 2 heterocycles. The van der Waals surface area contributed by atoms with Gasteiger partial charge in [-0.15, -0.1) is 0 Å². The summed E-state index contributed by atoms with van der Waals surface area (Å²) in [6, 6.07) is 8.35. The van der Waals surface area contributed by atoms with Gasteiger partial charge in [0.2, 0.25) is 5.91 Å². The van der Waals surface area contributed by atoms with Gasteiger partial charge in [-0.2, -0.15) is 5.26 Å². The van der Waals surface area contributed by atoms with E-state index < -0.39 is 43.0 Å². The topological polar surface area (TPSA) is 92.2 Å². The zero-order valence-electron chi connectivity index (χ0n) is 14.1. The van der Waals surface area contributed by atoms with Gasteiger partial charge < -0.3 is 15.4 Å². The first-order valence-electron chi connectivity index (χ1n) is 8.16. The summed E-state index contributed by atoms with van der Waals surface area (Å²) in [6.07, 6.45) is 0.123. The number of pyridine rings is 1. The third-order valence-electron chi connectivity index (χ3n) is 4.41. The first kappa shape index (κ1) is 18.0. The van der Waals surface area contributed by atoms with Crippen molar-refractivity contribution in [3.8, 4) is 11.8 Å². The second kappa shape index (κ2) is 6.84. The predicted molar refractivity (Wildman–Crippen MR) is 90.5 cm³/mol. The molecule has 1 aromatic carbocycles. The van der Waals surface area contributed by atoms with Crippen molar-refractivity contribution in [1.82, 2.24) is 9.88 Å². The Kier molecular flexibility index (Phi) is 4.74. The van der Waals surface area contributed by atoms with Crippen LogP contribution in [0.4, 0.5) is 8.78 Å². The standard InChI is InChI=1S/C18H18F2N4O2/c1-11(26-15-6-7-23-14-5-3-2-4-13(14)15)16(22)17(25)24-10-18(19,20)8-12(24)9-21/h2-7,11-12,16H,8,10,22H2,1H3. The molecule has 26 heavy (non-hydrogen) atoms. The van der Waals surface area contributed by atoms with E-state index in [2.05, 4.69) is 4.98 Å². The molecule has 0 aliphatic carbocycles. The van der Waals surface area contributed by atoms with Gasteiger partial charge in [0.25, 0.3) is 5.92 Å². The third kappa shape index (κ3) is 3.44. The molecule has 0 bridgehead atoms. The Morgan fingerprint density at radius 3 is 2.92 bits per heavy atom. The van der Waals surface area contributed by atoms with Crippen molar-refractivity contribution in [2.45, 2.75) is 37.5 Å². The van der Waals surface area contributed by atoms with Gasteiger partial charge in [0.1, 0.15) is 23.9 Å². The molecule has 2 N–H and O–H groups in total. The second-order valence-corrected chi connectivity index (χ2v) is 6.35. The highest BCUT2D eigenvalue weighted by Gasteiger charge is 2.48. The predicted octanol–water partition coefficient (Wildman–Crippen LogP) is 2.09. The maximum absolute atomic E-state index is 13.6. The molecule has 3 rings (SSSR count). The van der Waals surface area contributed by atoms with Gasteiger partial charge >= 0.3 is 0 Å². The Hall–Kier alpha value is -2.79. The molecule has 1 aliphatic heterocycles. The molecular weight excluding hydrogens is 342 g/mol. The van der Waals surface area contributed by atoms with Crippen molar-refractivity contribution < 1.29 is 18.3 Å². The van der Waals surface area contributed by atoms with Crippen LogP contribution < -0.4 is 10.5 Å². The highest BCUT2D eigenvalue weighted by atomic mass is 19.3. The summed E-state index contributed by atoms with van der Waals surface area (Å²) in [4.78, 5) is 17.6. The molecule has 1 aromatic heterocycles. The SMILES string of the molecule is CC(Oc1ccnc2ccccc12)C(N)C(=O)N1CC(F)(F)CC1C#N. The summed E-state index contributed by atoms with van der Waals surface area (Å²) in [5.74, 6) is -3.31. The van der Waals surface area contributed by atoms with Crippen molar-refractivity contribution in [2.24, 2.45) is 5.73 Å². The average Bonchev–Trinajstić information content (AvgIpc) is 2.95. The molecule has 3 unspecified atom stereocenters. The monoisotopic (exact) mass is 360 g/mol. The number of rotatable bonds is 4. The minimum Gasteiger partial charge on any atom is -0.488 e. The van der Waals surface area contributed by atoms with Crippen molar-refractivity contribution in [1.29, 1.82) is 5.26 Å². The van der Waals surface area contributed by atoms with Crippen LogP contribution in [0.1, 0.15) is 13.3 Å². The largest absolute Gasteiger partial charge is 0.488 e. The number of hydrogen-bond donors (Lipinski definition) is 1. The summed E-state index contributed by atoms with van der Waals surface area (Å²) in [5.41, 5.74) is 6.67. The van der Waals surface area contributed by atoms with Gasteiger partial charge in [-0.05, 0) is 25.1 Å². The third-order valence-corrected chi connectivity index (χ3v) is 4.41. The van der Waals surface area contributed by atoms with Crippen LogP contribution in [0, 0.1) is 11.3 Å². The zero-order valence-corrected chi connectivity index (χ0v) is 14.1. The van der Waals surface area contributed by atoms with E-state index in [9.17, 15) is 13.6 Å². The molecule has 0 radical (unpaired) electrons. The minimum absolute atomic E-state index is 0.495. The maximum Gasteiger partial charge on any atom is 0.268 e. The van der Waals surface area contributed by atoms with Crippen LogP contribution >= 0.6 is 0 Å². The molecule has 3 atom stereocenters. The van der Waals surface area contributed by atoms with Gasteiger partial charge in [-0.25, -0.2) is 8.78 Å². The highest BCUT2D eigenvalue weighted by Crippen LogP contribution is 2.32. The van der Waals surface area contributed by atoms with Crippen LogP contribution in [-0.4, -0.2) is 46.4 Å². The van der Waals surface area contributed by atoms with Crippen molar-refractivity contribution in [2.75, 3.05) is 6.54 Å². The second-order valence-electron chi connectivity index (χ2n) is 6.35. The number of ether oxygens (including phenoxy) is 1. The molecule has 6 nitrogen and oxygen atoms in total. The van der Waals surface area contributed by atoms with E-state index in [4.69, 9.17) is 15.7 Å². The first-order valence-corrected chi connectivity index (χ1v) is 8.16. The fraction of sp³-hybridized carbons (Fsp3) is 0.389. The fourth-order valence-electron chi connectivity index (χ4n) is 3.00. The number of hydrogen-bond acceptors (Lipinski definition) is 5. The molecule has 1 aliphatic rings. The number of para-hydroxylation sites is 1. The Labute approximate surface area is 149 Å². The van der Waals surface area contributed by atoms with Crippen LogP contribution in [0.25, 0.3) is 10.9 Å². The summed E-state index contributed by atoms with van der Waals surface area (Å²) >= 11 is 0. The molecule has 8 heteroatoms. The number of aromatic nitrogens is 1. The number of carbonyl (C=O) groups is 1. The number of nitrogens with two attached hydrogens (primary N) is 1. The van der Waals surface area contributed by atoms with Crippen LogP contribution in [0.5, 0.6) is 5.75 Å². The number of nitrogens with zero attached hydrogens (tertiary/aromatic N) is 3. The van der Waals surface area contributed by atoms with E-state index in [0.717, 1.165) is 15.8 Å². The van der Waals surface area contributed by atoms with Gasteiger partial charge in [0.05, 0.1) is 18.1 Å². The van der Waals surface area contributed by atoms with E-state index in [1.807, 2.05) is 24.3 Å². The molecule has 2 aromatic rings. The maximum atomic E-state index is 13.6. The highest BCUT2D eigenvalue weighted by molar-refractivity contribution is 5.85. The average molecular weight is 360 g/mol. The minimum atomic E-state index is -3.08. The lowest BCUT2D eigenvalue weighted by Gasteiger charge is -2.27. The number of amides is 1. The summed E-state index contributed by atoms with van der Waals surface area (Å²) in [5, 5.41) is 9.79. The Bertz CT molecular complexity index is 862. The number of likely N-dealkylation sites (tertiary alicyclic amines) is 1. The van der Waals surface area contributed by atoms with Crippen LogP contribution in [0.2, 0.25) is 0 Å². The van der Waals surface area contributed by atoms with Gasteiger partial charge in [-0.3, -0.25) is 9.78 Å². The summed E-state index contributed by atoms with van der Waals surface area (Å²) < 4.78 is 32.9. The van der Waals surface area contributed by atoms with Crippen molar-refractivity contribution in [3.05, 3.63) is 36.5 Å². The summed E-state index contributed by atoms with van der Waals surface area (Å²) in [6.45, 7) is 0.788.